The molecule has 0 fully saturated rings. The molecule has 0 saturated heterocycles. The normalized spacial score (nSPS) is 11.5. The molecule has 0 radical (unpaired) electrons. The van der Waals surface area contributed by atoms with Crippen LogP contribution in [0.2, 0.25) is 0 Å². The molecule has 3 aromatic rings. The highest BCUT2D eigenvalue weighted by Gasteiger charge is 2.22. The second-order valence-corrected chi connectivity index (χ2v) is 6.04. The van der Waals surface area contributed by atoms with Crippen LogP contribution in [-0.2, 0) is 0 Å². The van der Waals surface area contributed by atoms with Crippen molar-refractivity contribution in [2.45, 2.75) is 6.04 Å². The summed E-state index contributed by atoms with van der Waals surface area (Å²) in [6, 6.07) is 29.9. The Hall–Kier alpha value is -2.57. The molecule has 0 bridgehead atoms. The number of rotatable bonds is 4. The van der Waals surface area contributed by atoms with Crippen molar-refractivity contribution >= 4 is 27.3 Å². The minimum atomic E-state index is -0.405. The van der Waals surface area contributed by atoms with Gasteiger partial charge in [0.15, 0.2) is 0 Å². The van der Waals surface area contributed by atoms with Gasteiger partial charge in [0.25, 0.3) is 0 Å². The third kappa shape index (κ3) is 3.44. The SMILES string of the molecule is N#CC(c1cccc(Br)c1)N(c1ccccc1)c1ccccc1. The van der Waals surface area contributed by atoms with Crippen LogP contribution in [0.3, 0.4) is 0 Å². The van der Waals surface area contributed by atoms with E-state index in [2.05, 4.69) is 26.9 Å². The molecule has 3 rings (SSSR count). The van der Waals surface area contributed by atoms with Gasteiger partial charge in [-0.3, -0.25) is 0 Å². The summed E-state index contributed by atoms with van der Waals surface area (Å²) in [5.74, 6) is 0. The number of nitrogens with zero attached hydrogens (tertiary/aromatic N) is 2. The van der Waals surface area contributed by atoms with Crippen molar-refractivity contribution in [1.29, 1.82) is 5.26 Å². The Labute approximate surface area is 144 Å². The lowest BCUT2D eigenvalue weighted by atomic mass is 10.0. The molecule has 0 aliphatic carbocycles. The summed E-state index contributed by atoms with van der Waals surface area (Å²) in [7, 11) is 0. The van der Waals surface area contributed by atoms with Gasteiger partial charge in [-0.05, 0) is 42.0 Å². The zero-order valence-corrected chi connectivity index (χ0v) is 14.0. The zero-order chi connectivity index (χ0) is 16.1. The Morgan fingerprint density at radius 3 is 1.83 bits per heavy atom. The second kappa shape index (κ2) is 7.13. The number of benzene rings is 3. The lowest BCUT2D eigenvalue weighted by molar-refractivity contribution is 0.863. The van der Waals surface area contributed by atoms with E-state index in [1.54, 1.807) is 0 Å². The summed E-state index contributed by atoms with van der Waals surface area (Å²) < 4.78 is 0.969. The summed E-state index contributed by atoms with van der Waals surface area (Å²) in [5.41, 5.74) is 2.94. The maximum atomic E-state index is 9.86. The molecule has 0 amide bonds. The molecule has 0 aliphatic rings. The summed E-state index contributed by atoms with van der Waals surface area (Å²) in [5, 5.41) is 9.86. The summed E-state index contributed by atoms with van der Waals surface area (Å²) >= 11 is 3.49. The fourth-order valence-electron chi connectivity index (χ4n) is 2.58. The van der Waals surface area contributed by atoms with Crippen LogP contribution in [0.4, 0.5) is 11.4 Å². The Balaban J connectivity index is 2.13. The van der Waals surface area contributed by atoms with E-state index >= 15 is 0 Å². The van der Waals surface area contributed by atoms with Gasteiger partial charge in [-0.2, -0.15) is 5.26 Å². The van der Waals surface area contributed by atoms with Crippen molar-refractivity contribution < 1.29 is 0 Å². The first-order valence-electron chi connectivity index (χ1n) is 7.34. The molecule has 23 heavy (non-hydrogen) atoms. The van der Waals surface area contributed by atoms with Crippen molar-refractivity contribution in [2.24, 2.45) is 0 Å². The number of nitriles is 1. The highest BCUT2D eigenvalue weighted by Crippen LogP contribution is 2.35. The van der Waals surface area contributed by atoms with Gasteiger partial charge in [-0.1, -0.05) is 64.5 Å². The second-order valence-electron chi connectivity index (χ2n) is 5.13. The van der Waals surface area contributed by atoms with Gasteiger partial charge < -0.3 is 4.90 Å². The van der Waals surface area contributed by atoms with Gasteiger partial charge in [0.1, 0.15) is 6.04 Å². The molecule has 1 atom stereocenters. The molecule has 3 aromatic carbocycles. The van der Waals surface area contributed by atoms with Gasteiger partial charge in [0.2, 0.25) is 0 Å². The Bertz CT molecular complexity index is 770. The van der Waals surface area contributed by atoms with Crippen molar-refractivity contribution in [3.05, 3.63) is 95.0 Å². The first kappa shape index (κ1) is 15.3. The van der Waals surface area contributed by atoms with Gasteiger partial charge in [-0.25, -0.2) is 0 Å². The van der Waals surface area contributed by atoms with Crippen LogP contribution in [0.25, 0.3) is 0 Å². The minimum absolute atomic E-state index is 0.405. The fraction of sp³-hybridized carbons (Fsp3) is 0.0500. The Morgan fingerprint density at radius 1 is 0.783 bits per heavy atom. The standard InChI is InChI=1S/C20H15BrN2/c21-17-9-7-8-16(14-17)20(15-22)23(18-10-3-1-4-11-18)19-12-5-2-6-13-19/h1-14,20H. The highest BCUT2D eigenvalue weighted by molar-refractivity contribution is 9.10. The maximum absolute atomic E-state index is 9.86. The van der Waals surface area contributed by atoms with Crippen molar-refractivity contribution in [3.63, 3.8) is 0 Å². The Kier molecular flexibility index (Phi) is 4.75. The van der Waals surface area contributed by atoms with Crippen LogP contribution in [0.5, 0.6) is 0 Å². The molecule has 0 heterocycles. The van der Waals surface area contributed by atoms with Crippen LogP contribution in [0.15, 0.2) is 89.4 Å². The van der Waals surface area contributed by atoms with Gasteiger partial charge in [0, 0.05) is 15.8 Å². The largest absolute Gasteiger partial charge is 0.321 e. The van der Waals surface area contributed by atoms with E-state index in [1.165, 1.54) is 0 Å². The topological polar surface area (TPSA) is 27.0 Å². The third-order valence-electron chi connectivity index (χ3n) is 3.61. The lowest BCUT2D eigenvalue weighted by Gasteiger charge is -2.30. The number of para-hydroxylation sites is 2. The molecule has 0 aromatic heterocycles. The van der Waals surface area contributed by atoms with Crippen molar-refractivity contribution in [2.75, 3.05) is 4.90 Å². The minimum Gasteiger partial charge on any atom is -0.321 e. The van der Waals surface area contributed by atoms with Crippen LogP contribution in [0.1, 0.15) is 11.6 Å². The summed E-state index contributed by atoms with van der Waals surface area (Å²) in [4.78, 5) is 2.06. The highest BCUT2D eigenvalue weighted by atomic mass is 79.9. The monoisotopic (exact) mass is 362 g/mol. The molecule has 0 saturated carbocycles. The van der Waals surface area contributed by atoms with E-state index < -0.39 is 6.04 Å². The average Bonchev–Trinajstić information content (AvgIpc) is 2.61. The molecule has 3 heteroatoms. The van der Waals surface area contributed by atoms with Gasteiger partial charge in [-0.15, -0.1) is 0 Å². The van der Waals surface area contributed by atoms with Crippen molar-refractivity contribution in [1.82, 2.24) is 0 Å². The van der Waals surface area contributed by atoms with E-state index in [9.17, 15) is 5.26 Å². The molecule has 2 nitrogen and oxygen atoms in total. The molecule has 112 valence electrons. The lowest BCUT2D eigenvalue weighted by Crippen LogP contribution is -2.22. The molecular weight excluding hydrogens is 348 g/mol. The van der Waals surface area contributed by atoms with Crippen LogP contribution in [0, 0.1) is 11.3 Å². The zero-order valence-electron chi connectivity index (χ0n) is 12.4. The van der Waals surface area contributed by atoms with Gasteiger partial charge >= 0.3 is 0 Å². The smallest absolute Gasteiger partial charge is 0.146 e. The van der Waals surface area contributed by atoms with Crippen LogP contribution in [-0.4, -0.2) is 0 Å². The molecular formula is C20H15BrN2. The quantitative estimate of drug-likeness (QED) is 0.581. The van der Waals surface area contributed by atoms with E-state index in [1.807, 2.05) is 84.9 Å². The first-order chi connectivity index (χ1) is 11.3. The van der Waals surface area contributed by atoms with E-state index in [0.29, 0.717) is 0 Å². The predicted molar refractivity (Wildman–Crippen MR) is 97.5 cm³/mol. The van der Waals surface area contributed by atoms with Crippen LogP contribution >= 0.6 is 15.9 Å². The first-order valence-corrected chi connectivity index (χ1v) is 8.13. The van der Waals surface area contributed by atoms with E-state index in [4.69, 9.17) is 0 Å². The Morgan fingerprint density at radius 2 is 1.35 bits per heavy atom. The van der Waals surface area contributed by atoms with E-state index in [-0.39, 0.29) is 0 Å². The summed E-state index contributed by atoms with van der Waals surface area (Å²) in [6.45, 7) is 0. The molecule has 1 unspecified atom stereocenters. The van der Waals surface area contributed by atoms with Crippen LogP contribution < -0.4 is 4.90 Å². The number of anilines is 2. The predicted octanol–water partition coefficient (Wildman–Crippen LogP) is 5.85. The molecule has 0 aliphatic heterocycles. The molecule has 0 spiro atoms. The number of hydrogen-bond donors (Lipinski definition) is 0. The number of hydrogen-bond acceptors (Lipinski definition) is 2. The fourth-order valence-corrected chi connectivity index (χ4v) is 3.00. The average molecular weight is 363 g/mol. The van der Waals surface area contributed by atoms with E-state index in [0.717, 1.165) is 21.4 Å². The third-order valence-corrected chi connectivity index (χ3v) is 4.11. The number of halogens is 1. The molecule has 0 N–H and O–H groups in total. The summed E-state index contributed by atoms with van der Waals surface area (Å²) in [6.07, 6.45) is 0. The van der Waals surface area contributed by atoms with Gasteiger partial charge in [0.05, 0.1) is 6.07 Å². The van der Waals surface area contributed by atoms with Crippen molar-refractivity contribution in [3.8, 4) is 6.07 Å². The maximum Gasteiger partial charge on any atom is 0.146 e.